The second-order valence-corrected chi connectivity index (χ2v) is 6.29. The van der Waals surface area contributed by atoms with Gasteiger partial charge < -0.3 is 5.32 Å². The van der Waals surface area contributed by atoms with Gasteiger partial charge in [-0.3, -0.25) is 0 Å². The first kappa shape index (κ1) is 12.7. The van der Waals surface area contributed by atoms with Crippen molar-refractivity contribution >= 4 is 21.6 Å². The molecular weight excluding hydrogens is 298 g/mol. The molecule has 1 saturated carbocycles. The van der Waals surface area contributed by atoms with Crippen molar-refractivity contribution in [2.24, 2.45) is 0 Å². The molecule has 0 spiro atoms. The maximum absolute atomic E-state index is 3.61. The largest absolute Gasteiger partial charge is 0.382 e. The number of hydrogen-bond donors (Lipinski definition) is 1. The highest BCUT2D eigenvalue weighted by Gasteiger charge is 2.30. The monoisotopic (exact) mass is 315 g/mol. The predicted octanol–water partition coefficient (Wildman–Crippen LogP) is 5.12. The van der Waals surface area contributed by atoms with E-state index in [4.69, 9.17) is 0 Å². The molecule has 0 aliphatic heterocycles. The van der Waals surface area contributed by atoms with Gasteiger partial charge >= 0.3 is 0 Å². The molecule has 2 aromatic carbocycles. The maximum Gasteiger partial charge on any atom is 0.0353 e. The Kier molecular flexibility index (Phi) is 3.61. The molecule has 0 radical (unpaired) electrons. The van der Waals surface area contributed by atoms with E-state index in [0.717, 1.165) is 10.4 Å². The van der Waals surface area contributed by atoms with Crippen molar-refractivity contribution in [2.45, 2.75) is 31.7 Å². The van der Waals surface area contributed by atoms with Crippen molar-refractivity contribution in [1.29, 1.82) is 0 Å². The summed E-state index contributed by atoms with van der Waals surface area (Å²) in [6, 6.07) is 17.8. The van der Waals surface area contributed by atoms with Gasteiger partial charge in [-0.05, 0) is 55.0 Å². The van der Waals surface area contributed by atoms with Crippen LogP contribution in [0.4, 0.5) is 5.69 Å². The van der Waals surface area contributed by atoms with E-state index >= 15 is 0 Å². The maximum atomic E-state index is 3.61. The average Bonchev–Trinajstić information content (AvgIpc) is 2.35. The standard InChI is InChI=1S/C17H18BrN/c1-12-5-2-3-8-17(12)13-9-16(10-13)19-15-7-4-6-14(18)11-15/h2-8,11,13,16,19H,9-10H2,1H3. The van der Waals surface area contributed by atoms with Crippen LogP contribution in [0.5, 0.6) is 0 Å². The third-order valence-electron chi connectivity index (χ3n) is 3.96. The first-order chi connectivity index (χ1) is 9.22. The quantitative estimate of drug-likeness (QED) is 0.829. The summed E-state index contributed by atoms with van der Waals surface area (Å²) in [5.41, 5.74) is 4.16. The van der Waals surface area contributed by atoms with E-state index in [0.29, 0.717) is 6.04 Å². The summed E-state index contributed by atoms with van der Waals surface area (Å²) in [6.45, 7) is 2.21. The third-order valence-corrected chi connectivity index (χ3v) is 4.46. The second kappa shape index (κ2) is 5.38. The lowest BCUT2D eigenvalue weighted by Gasteiger charge is -2.37. The van der Waals surface area contributed by atoms with Gasteiger partial charge in [0, 0.05) is 16.2 Å². The number of anilines is 1. The van der Waals surface area contributed by atoms with E-state index in [1.165, 1.54) is 29.7 Å². The molecule has 2 aromatic rings. The number of aryl methyl sites for hydroxylation is 1. The Morgan fingerprint density at radius 2 is 1.84 bits per heavy atom. The summed E-state index contributed by atoms with van der Waals surface area (Å²) in [5.74, 6) is 0.728. The number of hydrogen-bond acceptors (Lipinski definition) is 1. The summed E-state index contributed by atoms with van der Waals surface area (Å²) in [6.07, 6.45) is 2.47. The van der Waals surface area contributed by atoms with Crippen LogP contribution in [0.15, 0.2) is 53.0 Å². The normalized spacial score (nSPS) is 21.8. The van der Waals surface area contributed by atoms with Crippen molar-refractivity contribution in [3.05, 3.63) is 64.1 Å². The molecule has 98 valence electrons. The molecule has 0 bridgehead atoms. The van der Waals surface area contributed by atoms with Gasteiger partial charge in [-0.1, -0.05) is 46.3 Å². The Bertz CT molecular complexity index is 573. The van der Waals surface area contributed by atoms with E-state index in [2.05, 4.69) is 76.7 Å². The molecule has 1 aliphatic rings. The SMILES string of the molecule is Cc1ccccc1C1CC(Nc2cccc(Br)c2)C1. The number of benzene rings is 2. The van der Waals surface area contributed by atoms with Gasteiger partial charge in [0.05, 0.1) is 0 Å². The summed E-state index contributed by atoms with van der Waals surface area (Å²) in [7, 11) is 0. The highest BCUT2D eigenvalue weighted by atomic mass is 79.9. The summed E-state index contributed by atoms with van der Waals surface area (Å²) in [4.78, 5) is 0. The minimum Gasteiger partial charge on any atom is -0.382 e. The zero-order chi connectivity index (χ0) is 13.2. The van der Waals surface area contributed by atoms with E-state index in [1.807, 2.05) is 0 Å². The molecule has 1 fully saturated rings. The van der Waals surface area contributed by atoms with Gasteiger partial charge in [-0.2, -0.15) is 0 Å². The van der Waals surface area contributed by atoms with Crippen molar-refractivity contribution in [1.82, 2.24) is 0 Å². The summed E-state index contributed by atoms with van der Waals surface area (Å²) < 4.78 is 1.13. The molecule has 2 heteroatoms. The second-order valence-electron chi connectivity index (χ2n) is 5.38. The molecule has 0 aromatic heterocycles. The molecule has 3 rings (SSSR count). The zero-order valence-electron chi connectivity index (χ0n) is 11.1. The lowest BCUT2D eigenvalue weighted by atomic mass is 9.74. The first-order valence-electron chi connectivity index (χ1n) is 6.80. The molecule has 0 amide bonds. The summed E-state index contributed by atoms with van der Waals surface area (Å²) in [5, 5.41) is 3.61. The van der Waals surface area contributed by atoms with Crippen LogP contribution in [-0.4, -0.2) is 6.04 Å². The fourth-order valence-corrected chi connectivity index (χ4v) is 3.25. The van der Waals surface area contributed by atoms with Crippen LogP contribution in [-0.2, 0) is 0 Å². The van der Waals surface area contributed by atoms with Crippen LogP contribution in [0.3, 0.4) is 0 Å². The Hall–Kier alpha value is -1.28. The molecule has 0 atom stereocenters. The Labute approximate surface area is 123 Å². The third kappa shape index (κ3) is 2.84. The fourth-order valence-electron chi connectivity index (χ4n) is 2.85. The minimum atomic E-state index is 0.610. The number of nitrogens with one attached hydrogen (secondary N) is 1. The molecule has 0 saturated heterocycles. The van der Waals surface area contributed by atoms with Crippen LogP contribution < -0.4 is 5.32 Å². The van der Waals surface area contributed by atoms with Crippen molar-refractivity contribution in [3.63, 3.8) is 0 Å². The van der Waals surface area contributed by atoms with Gasteiger partial charge in [0.25, 0.3) is 0 Å². The number of halogens is 1. The lowest BCUT2D eigenvalue weighted by molar-refractivity contribution is 0.373. The van der Waals surface area contributed by atoms with Crippen LogP contribution in [0, 0.1) is 6.92 Å². The van der Waals surface area contributed by atoms with Crippen molar-refractivity contribution < 1.29 is 0 Å². The summed E-state index contributed by atoms with van der Waals surface area (Å²) >= 11 is 3.51. The van der Waals surface area contributed by atoms with E-state index in [-0.39, 0.29) is 0 Å². The molecular formula is C17H18BrN. The molecule has 1 nitrogen and oxygen atoms in total. The van der Waals surface area contributed by atoms with Crippen molar-refractivity contribution in [3.8, 4) is 0 Å². The van der Waals surface area contributed by atoms with Crippen LogP contribution >= 0.6 is 15.9 Å². The lowest BCUT2D eigenvalue weighted by Crippen LogP contribution is -2.34. The predicted molar refractivity (Wildman–Crippen MR) is 84.7 cm³/mol. The van der Waals surface area contributed by atoms with Crippen molar-refractivity contribution in [2.75, 3.05) is 5.32 Å². The highest BCUT2D eigenvalue weighted by molar-refractivity contribution is 9.10. The number of rotatable bonds is 3. The molecule has 1 aliphatic carbocycles. The van der Waals surface area contributed by atoms with E-state index < -0.39 is 0 Å². The Morgan fingerprint density at radius 3 is 2.58 bits per heavy atom. The van der Waals surface area contributed by atoms with Crippen LogP contribution in [0.1, 0.15) is 29.9 Å². The van der Waals surface area contributed by atoms with Crippen LogP contribution in [0.25, 0.3) is 0 Å². The first-order valence-corrected chi connectivity index (χ1v) is 7.59. The fraction of sp³-hybridized carbons (Fsp3) is 0.294. The zero-order valence-corrected chi connectivity index (χ0v) is 12.7. The average molecular weight is 316 g/mol. The smallest absolute Gasteiger partial charge is 0.0353 e. The molecule has 0 unspecified atom stereocenters. The Morgan fingerprint density at radius 1 is 1.05 bits per heavy atom. The van der Waals surface area contributed by atoms with Gasteiger partial charge in [-0.25, -0.2) is 0 Å². The Balaban J connectivity index is 1.60. The van der Waals surface area contributed by atoms with E-state index in [1.54, 1.807) is 0 Å². The minimum absolute atomic E-state index is 0.610. The molecule has 19 heavy (non-hydrogen) atoms. The van der Waals surface area contributed by atoms with Gasteiger partial charge in [0.2, 0.25) is 0 Å². The molecule has 1 N–H and O–H groups in total. The van der Waals surface area contributed by atoms with Gasteiger partial charge in [0.1, 0.15) is 0 Å². The van der Waals surface area contributed by atoms with Crippen LogP contribution in [0.2, 0.25) is 0 Å². The topological polar surface area (TPSA) is 12.0 Å². The van der Waals surface area contributed by atoms with Gasteiger partial charge in [-0.15, -0.1) is 0 Å². The molecule has 0 heterocycles. The van der Waals surface area contributed by atoms with Gasteiger partial charge in [0.15, 0.2) is 0 Å². The van der Waals surface area contributed by atoms with E-state index in [9.17, 15) is 0 Å². The highest BCUT2D eigenvalue weighted by Crippen LogP contribution is 2.39.